The molecule has 0 saturated heterocycles. The van der Waals surface area contributed by atoms with E-state index in [0.717, 1.165) is 16.9 Å². The van der Waals surface area contributed by atoms with Crippen LogP contribution < -0.4 is 11.1 Å². The van der Waals surface area contributed by atoms with Crippen LogP contribution in [0.5, 0.6) is 0 Å². The highest BCUT2D eigenvalue weighted by Gasteiger charge is 2.12. The van der Waals surface area contributed by atoms with E-state index in [0.29, 0.717) is 6.54 Å². The molecule has 5 aromatic carbocycles. The highest BCUT2D eigenvalue weighted by Crippen LogP contribution is 2.40. The van der Waals surface area contributed by atoms with Gasteiger partial charge < -0.3 is 11.1 Å². The largest absolute Gasteiger partial charge is 0.354 e. The zero-order valence-corrected chi connectivity index (χ0v) is 17.1. The molecule has 0 atom stereocenters. The highest BCUT2D eigenvalue weighted by atomic mass is 32.2. The number of rotatable bonds is 4. The number of fused-ring (bicyclic) bond motifs is 4. The van der Waals surface area contributed by atoms with Gasteiger partial charge in [0.25, 0.3) is 0 Å². The number of hydrogen-bond acceptors (Lipinski definition) is 3. The minimum absolute atomic E-state index is 0.555. The minimum Gasteiger partial charge on any atom is -0.354 e. The third-order valence-electron chi connectivity index (χ3n) is 5.53. The summed E-state index contributed by atoms with van der Waals surface area (Å²) in [7, 11) is 0. The monoisotopic (exact) mass is 394 g/mol. The minimum atomic E-state index is 0.555. The Balaban J connectivity index is 1.80. The maximum Gasteiger partial charge on any atom is 0.0608 e. The Morgan fingerprint density at radius 1 is 0.759 bits per heavy atom. The van der Waals surface area contributed by atoms with E-state index in [1.54, 1.807) is 11.8 Å². The molecule has 0 aromatic heterocycles. The number of hydrogen-bond donors (Lipinski definition) is 2. The summed E-state index contributed by atoms with van der Waals surface area (Å²) < 4.78 is 0. The summed E-state index contributed by atoms with van der Waals surface area (Å²) in [5.74, 6) is 0. The van der Waals surface area contributed by atoms with Crippen LogP contribution in [0.4, 0.5) is 11.4 Å². The van der Waals surface area contributed by atoms with Gasteiger partial charge in [-0.3, -0.25) is 0 Å². The van der Waals surface area contributed by atoms with Gasteiger partial charge in [-0.1, -0.05) is 66.7 Å². The molecule has 0 bridgehead atoms. The van der Waals surface area contributed by atoms with Gasteiger partial charge in [-0.25, -0.2) is 0 Å². The van der Waals surface area contributed by atoms with E-state index in [9.17, 15) is 0 Å². The molecule has 5 rings (SSSR count). The van der Waals surface area contributed by atoms with E-state index in [2.05, 4.69) is 96.5 Å². The second-order valence-corrected chi connectivity index (χ2v) is 8.07. The average Bonchev–Trinajstić information content (AvgIpc) is 2.78. The molecule has 0 aliphatic rings. The first-order valence-electron chi connectivity index (χ1n) is 9.75. The van der Waals surface area contributed by atoms with Crippen LogP contribution in [0.1, 0.15) is 5.56 Å². The molecule has 3 N–H and O–H groups in total. The van der Waals surface area contributed by atoms with Gasteiger partial charge in [-0.2, -0.15) is 0 Å². The van der Waals surface area contributed by atoms with Crippen LogP contribution in [0.25, 0.3) is 32.3 Å². The smallest absolute Gasteiger partial charge is 0.0608 e. The molecule has 0 aliphatic carbocycles. The van der Waals surface area contributed by atoms with Crippen LogP contribution in [0.15, 0.2) is 89.8 Å². The lowest BCUT2D eigenvalue weighted by atomic mass is 9.98. The van der Waals surface area contributed by atoms with Crippen molar-refractivity contribution in [3.63, 3.8) is 0 Å². The van der Waals surface area contributed by atoms with E-state index in [4.69, 9.17) is 5.73 Å². The van der Waals surface area contributed by atoms with Crippen molar-refractivity contribution in [3.8, 4) is 0 Å². The van der Waals surface area contributed by atoms with E-state index in [1.165, 1.54) is 37.2 Å². The molecule has 0 saturated carbocycles. The van der Waals surface area contributed by atoms with Gasteiger partial charge in [0.15, 0.2) is 0 Å². The van der Waals surface area contributed by atoms with Gasteiger partial charge in [0, 0.05) is 27.9 Å². The van der Waals surface area contributed by atoms with Crippen molar-refractivity contribution in [1.82, 2.24) is 0 Å². The number of anilines is 2. The van der Waals surface area contributed by atoms with Crippen LogP contribution in [0, 0.1) is 0 Å². The molecule has 0 radical (unpaired) electrons. The quantitative estimate of drug-likeness (QED) is 0.253. The van der Waals surface area contributed by atoms with Gasteiger partial charge in [0.2, 0.25) is 0 Å². The van der Waals surface area contributed by atoms with Crippen molar-refractivity contribution in [2.24, 2.45) is 5.73 Å². The lowest BCUT2D eigenvalue weighted by Gasteiger charge is -2.17. The zero-order valence-electron chi connectivity index (χ0n) is 16.3. The van der Waals surface area contributed by atoms with Gasteiger partial charge in [0.1, 0.15) is 0 Å². The first-order chi connectivity index (χ1) is 14.3. The molecule has 29 heavy (non-hydrogen) atoms. The molecule has 0 spiro atoms. The predicted octanol–water partition coefficient (Wildman–Crippen LogP) is 7.07. The fraction of sp³-hybridized carbons (Fsp3) is 0.0769. The second kappa shape index (κ2) is 7.43. The first-order valence-corrected chi connectivity index (χ1v) is 11.0. The second-order valence-electron chi connectivity index (χ2n) is 7.22. The fourth-order valence-corrected chi connectivity index (χ4v) is 4.64. The fourth-order valence-electron chi connectivity index (χ4n) is 4.08. The molecule has 0 unspecified atom stereocenters. The Kier molecular flexibility index (Phi) is 4.62. The predicted molar refractivity (Wildman–Crippen MR) is 128 cm³/mol. The van der Waals surface area contributed by atoms with Crippen molar-refractivity contribution in [1.29, 1.82) is 0 Å². The summed E-state index contributed by atoms with van der Waals surface area (Å²) in [5.41, 5.74) is 9.31. The van der Waals surface area contributed by atoms with Crippen molar-refractivity contribution in [2.75, 3.05) is 11.6 Å². The summed E-state index contributed by atoms with van der Waals surface area (Å²) in [6.07, 6.45) is 2.13. The maximum absolute atomic E-state index is 5.87. The van der Waals surface area contributed by atoms with Crippen LogP contribution in [-0.2, 0) is 6.54 Å². The van der Waals surface area contributed by atoms with Crippen LogP contribution in [0.2, 0.25) is 0 Å². The molecule has 3 heteroatoms. The molecule has 0 amide bonds. The van der Waals surface area contributed by atoms with Crippen molar-refractivity contribution >= 4 is 55.5 Å². The van der Waals surface area contributed by atoms with Gasteiger partial charge in [0.05, 0.1) is 5.69 Å². The lowest BCUT2D eigenvalue weighted by molar-refractivity contribution is 1.08. The Hall–Kier alpha value is -3.01. The normalized spacial score (nSPS) is 11.4. The Bertz CT molecular complexity index is 1350. The average molecular weight is 395 g/mol. The maximum atomic E-state index is 5.87. The topological polar surface area (TPSA) is 38.0 Å². The van der Waals surface area contributed by atoms with Crippen molar-refractivity contribution < 1.29 is 0 Å². The Morgan fingerprint density at radius 3 is 2.41 bits per heavy atom. The van der Waals surface area contributed by atoms with Crippen molar-refractivity contribution in [2.45, 2.75) is 11.4 Å². The first kappa shape index (κ1) is 18.0. The van der Waals surface area contributed by atoms with Gasteiger partial charge in [-0.15, -0.1) is 11.8 Å². The molecule has 0 fully saturated rings. The molecular formula is C26H22N2S. The van der Waals surface area contributed by atoms with Crippen molar-refractivity contribution in [3.05, 3.63) is 90.5 Å². The Labute approximate surface area is 174 Å². The molecule has 0 heterocycles. The summed E-state index contributed by atoms with van der Waals surface area (Å²) in [5, 5.41) is 11.2. The standard InChI is InChI=1S/C26H22N2S/c1-29-24-14-12-19-10-11-20-15-17(16-27)9-13-22(20)25(19)26(24)28-23-8-4-6-18-5-2-3-7-21(18)23/h2-15,28H,16,27H2,1H3. The molecule has 5 aromatic rings. The van der Waals surface area contributed by atoms with Crippen LogP contribution >= 0.6 is 11.8 Å². The van der Waals surface area contributed by atoms with Crippen LogP contribution in [-0.4, -0.2) is 6.26 Å². The summed E-state index contributed by atoms with van der Waals surface area (Å²) >= 11 is 1.77. The van der Waals surface area contributed by atoms with Gasteiger partial charge in [-0.05, 0) is 51.6 Å². The summed E-state index contributed by atoms with van der Waals surface area (Å²) in [4.78, 5) is 1.24. The number of nitrogens with one attached hydrogen (secondary N) is 1. The van der Waals surface area contributed by atoms with E-state index in [1.807, 2.05) is 0 Å². The van der Waals surface area contributed by atoms with E-state index in [-0.39, 0.29) is 0 Å². The number of nitrogens with two attached hydrogens (primary N) is 1. The molecule has 142 valence electrons. The molecule has 0 aliphatic heterocycles. The summed E-state index contributed by atoms with van der Waals surface area (Å²) in [6.45, 7) is 0.555. The number of benzene rings is 5. The van der Waals surface area contributed by atoms with E-state index < -0.39 is 0 Å². The van der Waals surface area contributed by atoms with Gasteiger partial charge >= 0.3 is 0 Å². The highest BCUT2D eigenvalue weighted by molar-refractivity contribution is 7.98. The third-order valence-corrected chi connectivity index (χ3v) is 6.31. The third kappa shape index (κ3) is 3.13. The summed E-state index contributed by atoms with van der Waals surface area (Å²) in [6, 6.07) is 30.3. The van der Waals surface area contributed by atoms with E-state index >= 15 is 0 Å². The lowest BCUT2D eigenvalue weighted by Crippen LogP contribution is -1.97. The Morgan fingerprint density at radius 2 is 1.55 bits per heavy atom. The van der Waals surface area contributed by atoms with Crippen LogP contribution in [0.3, 0.4) is 0 Å². The molecular weight excluding hydrogens is 372 g/mol. The number of thioether (sulfide) groups is 1. The SMILES string of the molecule is CSc1ccc2ccc3cc(CN)ccc3c2c1Nc1cccc2ccccc12. The zero-order chi connectivity index (χ0) is 19.8. The molecule has 2 nitrogen and oxygen atoms in total.